The molecule has 21 heavy (non-hydrogen) atoms. The summed E-state index contributed by atoms with van der Waals surface area (Å²) in [6, 6.07) is 2.12. The number of ether oxygens (including phenoxy) is 2. The van der Waals surface area contributed by atoms with Crippen molar-refractivity contribution in [3.05, 3.63) is 22.4 Å². The van der Waals surface area contributed by atoms with Gasteiger partial charge >= 0.3 is 0 Å². The number of rotatable bonds is 8. The molecule has 1 aromatic rings. The van der Waals surface area contributed by atoms with Crippen molar-refractivity contribution in [2.45, 2.75) is 19.4 Å². The highest BCUT2D eigenvalue weighted by Gasteiger charge is 2.15. The summed E-state index contributed by atoms with van der Waals surface area (Å²) < 4.78 is 11.0. The maximum absolute atomic E-state index is 5.67. The van der Waals surface area contributed by atoms with E-state index in [0.717, 1.165) is 58.3 Å². The van der Waals surface area contributed by atoms with Gasteiger partial charge < -0.3 is 20.1 Å². The lowest BCUT2D eigenvalue weighted by Gasteiger charge is -2.12. The SMILES string of the molecule is CN=C(NCCCOCC1CCOC1)NCc1ccsc1. The molecule has 1 atom stereocenters. The van der Waals surface area contributed by atoms with Gasteiger partial charge in [-0.3, -0.25) is 4.99 Å². The number of hydrogen-bond acceptors (Lipinski definition) is 4. The minimum Gasteiger partial charge on any atom is -0.381 e. The minimum absolute atomic E-state index is 0.595. The summed E-state index contributed by atoms with van der Waals surface area (Å²) in [7, 11) is 1.79. The molecule has 0 saturated carbocycles. The van der Waals surface area contributed by atoms with Crippen LogP contribution in [0.5, 0.6) is 0 Å². The predicted molar refractivity (Wildman–Crippen MR) is 86.9 cm³/mol. The summed E-state index contributed by atoms with van der Waals surface area (Å²) in [5.41, 5.74) is 1.28. The maximum atomic E-state index is 5.67. The molecule has 1 aromatic heterocycles. The largest absolute Gasteiger partial charge is 0.381 e. The Labute approximate surface area is 130 Å². The Morgan fingerprint density at radius 1 is 1.52 bits per heavy atom. The lowest BCUT2D eigenvalue weighted by atomic mass is 10.1. The van der Waals surface area contributed by atoms with Crippen LogP contribution in [-0.4, -0.2) is 46.0 Å². The fourth-order valence-corrected chi connectivity index (χ4v) is 2.81. The Kier molecular flexibility index (Phi) is 7.56. The number of hydrogen-bond donors (Lipinski definition) is 2. The second kappa shape index (κ2) is 9.76. The van der Waals surface area contributed by atoms with Gasteiger partial charge in [0, 0.05) is 39.3 Å². The Morgan fingerprint density at radius 2 is 2.48 bits per heavy atom. The van der Waals surface area contributed by atoms with Crippen LogP contribution in [0, 0.1) is 5.92 Å². The van der Waals surface area contributed by atoms with Crippen LogP contribution in [0.3, 0.4) is 0 Å². The number of thiophene rings is 1. The molecule has 1 aliphatic rings. The molecule has 118 valence electrons. The van der Waals surface area contributed by atoms with Gasteiger partial charge in [0.2, 0.25) is 0 Å². The molecule has 5 nitrogen and oxygen atoms in total. The highest BCUT2D eigenvalue weighted by molar-refractivity contribution is 7.07. The average Bonchev–Trinajstić information content (AvgIpc) is 3.19. The summed E-state index contributed by atoms with van der Waals surface area (Å²) in [5.74, 6) is 1.43. The van der Waals surface area contributed by atoms with Crippen molar-refractivity contribution in [1.82, 2.24) is 10.6 Å². The van der Waals surface area contributed by atoms with Crippen LogP contribution in [0.1, 0.15) is 18.4 Å². The van der Waals surface area contributed by atoms with E-state index in [1.165, 1.54) is 5.56 Å². The van der Waals surface area contributed by atoms with Crippen molar-refractivity contribution < 1.29 is 9.47 Å². The number of guanidine groups is 1. The highest BCUT2D eigenvalue weighted by Crippen LogP contribution is 2.12. The smallest absolute Gasteiger partial charge is 0.191 e. The van der Waals surface area contributed by atoms with E-state index in [2.05, 4.69) is 32.5 Å². The first-order valence-electron chi connectivity index (χ1n) is 7.49. The van der Waals surface area contributed by atoms with Crippen LogP contribution >= 0.6 is 11.3 Å². The second-order valence-electron chi connectivity index (χ2n) is 5.14. The van der Waals surface area contributed by atoms with E-state index >= 15 is 0 Å². The maximum Gasteiger partial charge on any atom is 0.191 e. The zero-order valence-electron chi connectivity index (χ0n) is 12.6. The fraction of sp³-hybridized carbons (Fsp3) is 0.667. The highest BCUT2D eigenvalue weighted by atomic mass is 32.1. The molecule has 0 aromatic carbocycles. The quantitative estimate of drug-likeness (QED) is 0.437. The first-order valence-corrected chi connectivity index (χ1v) is 8.44. The molecule has 1 saturated heterocycles. The van der Waals surface area contributed by atoms with Gasteiger partial charge in [0.15, 0.2) is 5.96 Å². The molecule has 2 heterocycles. The molecule has 1 aliphatic heterocycles. The summed E-state index contributed by atoms with van der Waals surface area (Å²) in [5, 5.41) is 10.8. The summed E-state index contributed by atoms with van der Waals surface area (Å²) >= 11 is 1.71. The molecule has 0 aliphatic carbocycles. The van der Waals surface area contributed by atoms with Crippen molar-refractivity contribution in [3.63, 3.8) is 0 Å². The normalized spacial score (nSPS) is 18.9. The van der Waals surface area contributed by atoms with Crippen molar-refractivity contribution >= 4 is 17.3 Å². The van der Waals surface area contributed by atoms with E-state index in [9.17, 15) is 0 Å². The van der Waals surface area contributed by atoms with E-state index in [4.69, 9.17) is 9.47 Å². The van der Waals surface area contributed by atoms with Crippen LogP contribution in [-0.2, 0) is 16.0 Å². The van der Waals surface area contributed by atoms with Gasteiger partial charge in [0.25, 0.3) is 0 Å². The molecule has 2 rings (SSSR count). The second-order valence-corrected chi connectivity index (χ2v) is 5.92. The Morgan fingerprint density at radius 3 is 3.19 bits per heavy atom. The molecule has 0 radical (unpaired) electrons. The van der Waals surface area contributed by atoms with Crippen LogP contribution in [0.15, 0.2) is 21.8 Å². The summed E-state index contributed by atoms with van der Waals surface area (Å²) in [6.07, 6.45) is 2.12. The van der Waals surface area contributed by atoms with Crippen molar-refractivity contribution in [3.8, 4) is 0 Å². The van der Waals surface area contributed by atoms with Gasteiger partial charge in [-0.1, -0.05) is 0 Å². The van der Waals surface area contributed by atoms with Gasteiger partial charge in [-0.15, -0.1) is 0 Å². The topological polar surface area (TPSA) is 54.9 Å². The number of nitrogens with one attached hydrogen (secondary N) is 2. The lowest BCUT2D eigenvalue weighted by molar-refractivity contribution is 0.0888. The van der Waals surface area contributed by atoms with Crippen molar-refractivity contribution in [2.24, 2.45) is 10.9 Å². The van der Waals surface area contributed by atoms with Crippen LogP contribution < -0.4 is 10.6 Å². The third-order valence-electron chi connectivity index (χ3n) is 3.40. The van der Waals surface area contributed by atoms with E-state index in [0.29, 0.717) is 5.92 Å². The molecule has 1 fully saturated rings. The first kappa shape index (κ1) is 16.3. The Balaban J connectivity index is 1.48. The molecule has 1 unspecified atom stereocenters. The van der Waals surface area contributed by atoms with Crippen molar-refractivity contribution in [1.29, 1.82) is 0 Å². The third-order valence-corrected chi connectivity index (χ3v) is 4.13. The van der Waals surface area contributed by atoms with E-state index in [1.807, 2.05) is 0 Å². The predicted octanol–water partition coefficient (Wildman–Crippen LogP) is 1.86. The number of nitrogens with zero attached hydrogens (tertiary/aromatic N) is 1. The monoisotopic (exact) mass is 311 g/mol. The van der Waals surface area contributed by atoms with Gasteiger partial charge in [0.1, 0.15) is 0 Å². The van der Waals surface area contributed by atoms with Crippen LogP contribution in [0.25, 0.3) is 0 Å². The van der Waals surface area contributed by atoms with Gasteiger partial charge in [-0.05, 0) is 35.2 Å². The zero-order chi connectivity index (χ0) is 14.8. The fourth-order valence-electron chi connectivity index (χ4n) is 2.15. The number of aliphatic imine (C=N–C) groups is 1. The van der Waals surface area contributed by atoms with E-state index in [1.54, 1.807) is 18.4 Å². The lowest BCUT2D eigenvalue weighted by Crippen LogP contribution is -2.37. The first-order chi connectivity index (χ1) is 10.4. The minimum atomic E-state index is 0.595. The molecular weight excluding hydrogens is 286 g/mol. The molecule has 6 heteroatoms. The zero-order valence-corrected chi connectivity index (χ0v) is 13.5. The average molecular weight is 311 g/mol. The van der Waals surface area contributed by atoms with Crippen LogP contribution in [0.2, 0.25) is 0 Å². The molecular formula is C15H25N3O2S. The third kappa shape index (κ3) is 6.46. The van der Waals surface area contributed by atoms with Gasteiger partial charge in [-0.2, -0.15) is 11.3 Å². The summed E-state index contributed by atoms with van der Waals surface area (Å²) in [6.45, 7) is 5.03. The van der Waals surface area contributed by atoms with Crippen LogP contribution in [0.4, 0.5) is 0 Å². The van der Waals surface area contributed by atoms with E-state index < -0.39 is 0 Å². The standard InChI is InChI=1S/C15H25N3O2S/c1-16-15(18-9-13-4-8-21-12-13)17-5-2-6-19-10-14-3-7-20-11-14/h4,8,12,14H,2-3,5-7,9-11H2,1H3,(H2,16,17,18). The van der Waals surface area contributed by atoms with Gasteiger partial charge in [-0.25, -0.2) is 0 Å². The Bertz CT molecular complexity index is 403. The summed E-state index contributed by atoms with van der Waals surface area (Å²) in [4.78, 5) is 4.21. The Hall–Kier alpha value is -1.11. The molecule has 0 spiro atoms. The molecule has 2 N–H and O–H groups in total. The van der Waals surface area contributed by atoms with E-state index in [-0.39, 0.29) is 0 Å². The van der Waals surface area contributed by atoms with Crippen molar-refractivity contribution in [2.75, 3.05) is 40.0 Å². The van der Waals surface area contributed by atoms with Gasteiger partial charge in [0.05, 0.1) is 13.2 Å². The molecule has 0 bridgehead atoms. The molecule has 0 amide bonds.